The number of hydrogen-bond donors (Lipinski definition) is 2. The van der Waals surface area contributed by atoms with E-state index in [0.717, 1.165) is 12.8 Å². The minimum absolute atomic E-state index is 0.00659. The van der Waals surface area contributed by atoms with E-state index in [1.165, 1.54) is 4.90 Å². The van der Waals surface area contributed by atoms with Gasteiger partial charge in [-0.15, -0.1) is 0 Å². The van der Waals surface area contributed by atoms with Gasteiger partial charge in [-0.1, -0.05) is 0 Å². The first kappa shape index (κ1) is 15.1. The van der Waals surface area contributed by atoms with Gasteiger partial charge in [0.25, 0.3) is 0 Å². The first-order chi connectivity index (χ1) is 8.29. The summed E-state index contributed by atoms with van der Waals surface area (Å²) in [6, 6.07) is -0.482. The molecule has 1 saturated heterocycles. The second-order valence-electron chi connectivity index (χ2n) is 4.69. The number of rotatable bonds is 3. The SMILES string of the molecule is CC(O)C1CCCN(C(=O)NCCC(F)(F)F)C1. The number of urea groups is 1. The van der Waals surface area contributed by atoms with E-state index in [1.54, 1.807) is 6.92 Å². The van der Waals surface area contributed by atoms with Crippen molar-refractivity contribution >= 4 is 6.03 Å². The van der Waals surface area contributed by atoms with Crippen LogP contribution in [0.25, 0.3) is 0 Å². The van der Waals surface area contributed by atoms with Crippen LogP contribution in [0.3, 0.4) is 0 Å². The highest BCUT2D eigenvalue weighted by atomic mass is 19.4. The molecule has 0 aliphatic carbocycles. The van der Waals surface area contributed by atoms with Gasteiger partial charge in [-0.25, -0.2) is 4.79 Å². The predicted molar refractivity (Wildman–Crippen MR) is 60.0 cm³/mol. The topological polar surface area (TPSA) is 52.6 Å². The number of piperidine rings is 1. The molecule has 2 amide bonds. The van der Waals surface area contributed by atoms with Crippen molar-refractivity contribution in [1.29, 1.82) is 0 Å². The van der Waals surface area contributed by atoms with Crippen molar-refractivity contribution in [3.05, 3.63) is 0 Å². The van der Waals surface area contributed by atoms with Crippen molar-refractivity contribution in [3.8, 4) is 0 Å². The van der Waals surface area contributed by atoms with Crippen LogP contribution in [-0.4, -0.2) is 48.0 Å². The second-order valence-corrected chi connectivity index (χ2v) is 4.69. The van der Waals surface area contributed by atoms with E-state index >= 15 is 0 Å². The van der Waals surface area contributed by atoms with Crippen LogP contribution in [-0.2, 0) is 0 Å². The summed E-state index contributed by atoms with van der Waals surface area (Å²) in [5, 5.41) is 11.7. The molecule has 0 aromatic rings. The van der Waals surface area contributed by atoms with Crippen LogP contribution >= 0.6 is 0 Å². The summed E-state index contributed by atoms with van der Waals surface area (Å²) >= 11 is 0. The van der Waals surface area contributed by atoms with Crippen LogP contribution in [0.1, 0.15) is 26.2 Å². The highest BCUT2D eigenvalue weighted by Gasteiger charge is 2.29. The monoisotopic (exact) mass is 268 g/mol. The van der Waals surface area contributed by atoms with E-state index in [1.807, 2.05) is 0 Å². The Hall–Kier alpha value is -0.980. The molecule has 0 bridgehead atoms. The molecule has 7 heteroatoms. The van der Waals surface area contributed by atoms with E-state index in [4.69, 9.17) is 0 Å². The molecule has 1 aliphatic rings. The number of carbonyl (C=O) groups is 1. The van der Waals surface area contributed by atoms with Gasteiger partial charge < -0.3 is 15.3 Å². The third-order valence-electron chi connectivity index (χ3n) is 3.11. The molecule has 0 saturated carbocycles. The smallest absolute Gasteiger partial charge is 0.390 e. The van der Waals surface area contributed by atoms with Gasteiger partial charge in [0.2, 0.25) is 0 Å². The quantitative estimate of drug-likeness (QED) is 0.819. The van der Waals surface area contributed by atoms with Crippen molar-refractivity contribution < 1.29 is 23.1 Å². The molecule has 1 aliphatic heterocycles. The summed E-state index contributed by atoms with van der Waals surface area (Å²) in [6.45, 7) is 2.19. The fourth-order valence-electron chi connectivity index (χ4n) is 2.01. The predicted octanol–water partition coefficient (Wildman–Crippen LogP) is 1.74. The summed E-state index contributed by atoms with van der Waals surface area (Å²) < 4.78 is 35.8. The second kappa shape index (κ2) is 6.26. The number of nitrogens with one attached hydrogen (secondary N) is 1. The maximum absolute atomic E-state index is 11.9. The van der Waals surface area contributed by atoms with E-state index in [2.05, 4.69) is 5.32 Å². The Morgan fingerprint density at radius 1 is 1.56 bits per heavy atom. The molecular weight excluding hydrogens is 249 g/mol. The Balaban J connectivity index is 2.33. The van der Waals surface area contributed by atoms with E-state index < -0.39 is 31.3 Å². The third-order valence-corrected chi connectivity index (χ3v) is 3.11. The van der Waals surface area contributed by atoms with Crippen LogP contribution in [0.4, 0.5) is 18.0 Å². The average molecular weight is 268 g/mol. The average Bonchev–Trinajstić information content (AvgIpc) is 2.27. The van der Waals surface area contributed by atoms with Crippen LogP contribution in [0.2, 0.25) is 0 Å². The zero-order valence-electron chi connectivity index (χ0n) is 10.3. The van der Waals surface area contributed by atoms with Crippen molar-refractivity contribution in [1.82, 2.24) is 10.2 Å². The number of likely N-dealkylation sites (tertiary alicyclic amines) is 1. The molecule has 2 N–H and O–H groups in total. The molecule has 4 nitrogen and oxygen atoms in total. The lowest BCUT2D eigenvalue weighted by molar-refractivity contribution is -0.133. The Kier molecular flexibility index (Phi) is 5.25. The Morgan fingerprint density at radius 2 is 2.22 bits per heavy atom. The molecule has 0 radical (unpaired) electrons. The van der Waals surface area contributed by atoms with Gasteiger partial charge in [-0.05, 0) is 19.8 Å². The molecule has 0 aromatic carbocycles. The van der Waals surface area contributed by atoms with Crippen LogP contribution in [0.15, 0.2) is 0 Å². The molecule has 1 rings (SSSR count). The standard InChI is InChI=1S/C11H19F3N2O2/c1-8(17)9-3-2-6-16(7-9)10(18)15-5-4-11(12,13)14/h8-9,17H,2-7H2,1H3,(H,15,18). The first-order valence-electron chi connectivity index (χ1n) is 6.07. The molecule has 2 atom stereocenters. The summed E-state index contributed by atoms with van der Waals surface area (Å²) in [6.07, 6.45) is -4.17. The minimum atomic E-state index is -4.25. The number of aliphatic hydroxyl groups excluding tert-OH is 1. The lowest BCUT2D eigenvalue weighted by atomic mass is 9.94. The van der Waals surface area contributed by atoms with Gasteiger partial charge in [0.05, 0.1) is 12.5 Å². The summed E-state index contributed by atoms with van der Waals surface area (Å²) in [5.41, 5.74) is 0. The molecule has 18 heavy (non-hydrogen) atoms. The van der Waals surface area contributed by atoms with Crippen molar-refractivity contribution in [3.63, 3.8) is 0 Å². The van der Waals surface area contributed by atoms with Gasteiger partial charge in [0.15, 0.2) is 0 Å². The van der Waals surface area contributed by atoms with Gasteiger partial charge in [0, 0.05) is 25.6 Å². The number of hydrogen-bond acceptors (Lipinski definition) is 2. The maximum atomic E-state index is 11.9. The number of carbonyl (C=O) groups excluding carboxylic acids is 1. The van der Waals surface area contributed by atoms with E-state index in [0.29, 0.717) is 13.1 Å². The van der Waals surface area contributed by atoms with Crippen LogP contribution < -0.4 is 5.32 Å². The van der Waals surface area contributed by atoms with Gasteiger partial charge in [-0.3, -0.25) is 0 Å². The van der Waals surface area contributed by atoms with Gasteiger partial charge in [-0.2, -0.15) is 13.2 Å². The largest absolute Gasteiger partial charge is 0.393 e. The number of nitrogens with zero attached hydrogens (tertiary/aromatic N) is 1. The minimum Gasteiger partial charge on any atom is -0.393 e. The van der Waals surface area contributed by atoms with Gasteiger partial charge in [0.1, 0.15) is 0 Å². The molecular formula is C11H19F3N2O2. The van der Waals surface area contributed by atoms with Crippen molar-refractivity contribution in [2.45, 2.75) is 38.5 Å². The summed E-state index contributed by atoms with van der Waals surface area (Å²) in [7, 11) is 0. The fraction of sp³-hybridized carbons (Fsp3) is 0.909. The van der Waals surface area contributed by atoms with Crippen molar-refractivity contribution in [2.75, 3.05) is 19.6 Å². The zero-order chi connectivity index (χ0) is 13.8. The summed E-state index contributed by atoms with van der Waals surface area (Å²) in [5.74, 6) is 0.00659. The Labute approximate surface area is 104 Å². The van der Waals surface area contributed by atoms with E-state index in [-0.39, 0.29) is 5.92 Å². The first-order valence-corrected chi connectivity index (χ1v) is 6.07. The fourth-order valence-corrected chi connectivity index (χ4v) is 2.01. The lowest BCUT2D eigenvalue weighted by Gasteiger charge is -2.34. The number of halogens is 3. The molecule has 106 valence electrons. The molecule has 0 aromatic heterocycles. The molecule has 1 heterocycles. The number of alkyl halides is 3. The summed E-state index contributed by atoms with van der Waals surface area (Å²) in [4.78, 5) is 13.1. The number of aliphatic hydroxyl groups is 1. The zero-order valence-corrected chi connectivity index (χ0v) is 10.3. The molecule has 0 spiro atoms. The molecule has 1 fully saturated rings. The Morgan fingerprint density at radius 3 is 2.78 bits per heavy atom. The lowest BCUT2D eigenvalue weighted by Crippen LogP contribution is -2.47. The van der Waals surface area contributed by atoms with Crippen LogP contribution in [0, 0.1) is 5.92 Å². The Bertz CT molecular complexity index is 282. The normalized spacial score (nSPS) is 22.7. The number of amides is 2. The maximum Gasteiger partial charge on any atom is 0.390 e. The van der Waals surface area contributed by atoms with Crippen LogP contribution in [0.5, 0.6) is 0 Å². The van der Waals surface area contributed by atoms with Gasteiger partial charge >= 0.3 is 12.2 Å². The highest BCUT2D eigenvalue weighted by molar-refractivity contribution is 5.74. The third kappa shape index (κ3) is 5.12. The highest BCUT2D eigenvalue weighted by Crippen LogP contribution is 2.20. The molecule has 2 unspecified atom stereocenters. The van der Waals surface area contributed by atoms with Crippen molar-refractivity contribution in [2.24, 2.45) is 5.92 Å². The van der Waals surface area contributed by atoms with E-state index in [9.17, 15) is 23.1 Å².